The second-order valence-corrected chi connectivity index (χ2v) is 6.67. The van der Waals surface area contributed by atoms with Crippen LogP contribution in [0.25, 0.3) is 5.69 Å². The van der Waals surface area contributed by atoms with E-state index in [-0.39, 0.29) is 30.2 Å². The van der Waals surface area contributed by atoms with Gasteiger partial charge in [0.1, 0.15) is 5.82 Å². The summed E-state index contributed by atoms with van der Waals surface area (Å²) in [7, 11) is 1.84. The molecule has 3 heterocycles. The fraction of sp³-hybridized carbons (Fsp3) is 0.471. The topological polar surface area (TPSA) is 63.1 Å². The lowest BCUT2D eigenvalue weighted by atomic mass is 9.98. The van der Waals surface area contributed by atoms with Gasteiger partial charge in [0.05, 0.1) is 11.9 Å². The fourth-order valence-corrected chi connectivity index (χ4v) is 3.75. The van der Waals surface area contributed by atoms with Gasteiger partial charge in [-0.15, -0.1) is 17.5 Å². The SMILES string of the molecule is CN(C(=O)c1cnn(-c2ccc(F)cc2)n1)C1CC2CCC(C1)N2.Cl. The summed E-state index contributed by atoms with van der Waals surface area (Å²) in [6, 6.07) is 7.15. The molecule has 1 amide bonds. The molecule has 6 nitrogen and oxygen atoms in total. The highest BCUT2D eigenvalue weighted by Crippen LogP contribution is 2.29. The van der Waals surface area contributed by atoms with E-state index in [9.17, 15) is 9.18 Å². The van der Waals surface area contributed by atoms with E-state index in [0.717, 1.165) is 12.8 Å². The molecule has 25 heavy (non-hydrogen) atoms. The zero-order chi connectivity index (χ0) is 16.7. The predicted octanol–water partition coefficient (Wildman–Crippen LogP) is 2.18. The Morgan fingerprint density at radius 1 is 1.24 bits per heavy atom. The predicted molar refractivity (Wildman–Crippen MR) is 93.6 cm³/mol. The molecule has 2 saturated heterocycles. The minimum absolute atomic E-state index is 0. The quantitative estimate of drug-likeness (QED) is 0.905. The Kier molecular flexibility index (Phi) is 5.06. The second-order valence-electron chi connectivity index (χ2n) is 6.67. The molecule has 2 unspecified atom stereocenters. The van der Waals surface area contributed by atoms with Gasteiger partial charge in [-0.1, -0.05) is 0 Å². The normalized spacial score (nSPS) is 24.6. The summed E-state index contributed by atoms with van der Waals surface area (Å²) < 4.78 is 13.0. The van der Waals surface area contributed by atoms with Gasteiger partial charge in [-0.05, 0) is 49.9 Å². The number of hydrogen-bond acceptors (Lipinski definition) is 4. The van der Waals surface area contributed by atoms with E-state index < -0.39 is 0 Å². The number of halogens is 2. The first-order valence-electron chi connectivity index (χ1n) is 8.31. The van der Waals surface area contributed by atoms with Crippen LogP contribution in [0, 0.1) is 5.82 Å². The number of carbonyl (C=O) groups excluding carboxylic acids is 1. The molecule has 1 N–H and O–H groups in total. The van der Waals surface area contributed by atoms with Gasteiger partial charge in [0, 0.05) is 25.2 Å². The van der Waals surface area contributed by atoms with Crippen molar-refractivity contribution in [3.05, 3.63) is 42.0 Å². The molecular weight excluding hydrogens is 345 g/mol. The Hall–Kier alpha value is -1.99. The zero-order valence-electron chi connectivity index (χ0n) is 13.9. The minimum Gasteiger partial charge on any atom is -0.337 e. The average molecular weight is 366 g/mol. The molecule has 8 heteroatoms. The van der Waals surface area contributed by atoms with Crippen LogP contribution >= 0.6 is 12.4 Å². The monoisotopic (exact) mass is 365 g/mol. The van der Waals surface area contributed by atoms with E-state index in [4.69, 9.17) is 0 Å². The van der Waals surface area contributed by atoms with Crippen molar-refractivity contribution in [2.45, 2.75) is 43.8 Å². The molecular formula is C17H21ClFN5O. The molecule has 4 rings (SSSR count). The Morgan fingerprint density at radius 2 is 1.88 bits per heavy atom. The molecule has 2 atom stereocenters. The number of amides is 1. The van der Waals surface area contributed by atoms with Gasteiger partial charge in [0.15, 0.2) is 5.69 Å². The van der Waals surface area contributed by atoms with Gasteiger partial charge < -0.3 is 10.2 Å². The van der Waals surface area contributed by atoms with Crippen LogP contribution in [0.1, 0.15) is 36.2 Å². The van der Waals surface area contributed by atoms with Crippen molar-refractivity contribution in [1.29, 1.82) is 0 Å². The summed E-state index contributed by atoms with van der Waals surface area (Å²) in [6.07, 6.45) is 5.85. The Labute approximate surface area is 151 Å². The molecule has 1 aromatic carbocycles. The molecule has 2 aliphatic rings. The van der Waals surface area contributed by atoms with Crippen LogP contribution in [0.4, 0.5) is 4.39 Å². The smallest absolute Gasteiger partial charge is 0.276 e. The van der Waals surface area contributed by atoms with Gasteiger partial charge in [0.25, 0.3) is 5.91 Å². The van der Waals surface area contributed by atoms with E-state index in [1.54, 1.807) is 17.0 Å². The molecule has 0 radical (unpaired) electrons. The van der Waals surface area contributed by atoms with Crippen molar-refractivity contribution in [3.8, 4) is 5.69 Å². The molecule has 2 bridgehead atoms. The zero-order valence-corrected chi connectivity index (χ0v) is 14.7. The van der Waals surface area contributed by atoms with Crippen LogP contribution in [-0.2, 0) is 0 Å². The number of aromatic nitrogens is 3. The van der Waals surface area contributed by atoms with Crippen molar-refractivity contribution in [2.24, 2.45) is 0 Å². The van der Waals surface area contributed by atoms with Crippen LogP contribution in [-0.4, -0.2) is 51.0 Å². The molecule has 1 aromatic heterocycles. The van der Waals surface area contributed by atoms with Crippen LogP contribution < -0.4 is 5.32 Å². The summed E-state index contributed by atoms with van der Waals surface area (Å²) in [5, 5.41) is 12.0. The number of carbonyl (C=O) groups is 1. The van der Waals surface area contributed by atoms with E-state index in [0.29, 0.717) is 23.5 Å². The van der Waals surface area contributed by atoms with E-state index in [2.05, 4.69) is 15.5 Å². The van der Waals surface area contributed by atoms with Crippen LogP contribution in [0.5, 0.6) is 0 Å². The Balaban J connectivity index is 0.00000182. The summed E-state index contributed by atoms with van der Waals surface area (Å²) in [5.74, 6) is -0.433. The van der Waals surface area contributed by atoms with E-state index in [1.165, 1.54) is 36.0 Å². The maximum atomic E-state index is 13.0. The standard InChI is InChI=1S/C17H20FN5O.ClH/c1-22(15-8-12-4-5-13(9-15)20-12)17(24)16-10-19-23(21-16)14-6-2-11(18)3-7-14;/h2-3,6-7,10,12-13,15,20H,4-5,8-9H2,1H3;1H. The van der Waals surface area contributed by atoms with Crippen molar-refractivity contribution < 1.29 is 9.18 Å². The molecule has 0 spiro atoms. The van der Waals surface area contributed by atoms with Crippen molar-refractivity contribution in [2.75, 3.05) is 7.05 Å². The molecule has 2 aliphatic heterocycles. The number of fused-ring (bicyclic) bond motifs is 2. The lowest BCUT2D eigenvalue weighted by Gasteiger charge is -2.35. The highest BCUT2D eigenvalue weighted by atomic mass is 35.5. The van der Waals surface area contributed by atoms with Gasteiger partial charge >= 0.3 is 0 Å². The summed E-state index contributed by atoms with van der Waals surface area (Å²) in [4.78, 5) is 15.9. The number of rotatable bonds is 3. The lowest BCUT2D eigenvalue weighted by molar-refractivity contribution is 0.0675. The number of piperidine rings is 1. The molecule has 0 saturated carbocycles. The van der Waals surface area contributed by atoms with E-state index >= 15 is 0 Å². The number of hydrogen-bond donors (Lipinski definition) is 1. The Bertz CT molecular complexity index is 738. The summed E-state index contributed by atoms with van der Waals surface area (Å²) >= 11 is 0. The third kappa shape index (κ3) is 3.52. The van der Waals surface area contributed by atoms with Gasteiger partial charge in [-0.25, -0.2) is 4.39 Å². The number of benzene rings is 1. The summed E-state index contributed by atoms with van der Waals surface area (Å²) in [5.41, 5.74) is 0.936. The van der Waals surface area contributed by atoms with Crippen molar-refractivity contribution in [3.63, 3.8) is 0 Å². The van der Waals surface area contributed by atoms with E-state index in [1.807, 2.05) is 7.05 Å². The maximum Gasteiger partial charge on any atom is 0.276 e. The molecule has 2 aromatic rings. The third-order valence-corrected chi connectivity index (χ3v) is 5.08. The minimum atomic E-state index is -0.317. The Morgan fingerprint density at radius 3 is 2.52 bits per heavy atom. The highest BCUT2D eigenvalue weighted by molar-refractivity contribution is 5.92. The highest BCUT2D eigenvalue weighted by Gasteiger charge is 2.36. The van der Waals surface area contributed by atoms with Gasteiger partial charge in [0.2, 0.25) is 0 Å². The number of nitrogens with one attached hydrogen (secondary N) is 1. The average Bonchev–Trinajstić information content (AvgIpc) is 3.21. The largest absolute Gasteiger partial charge is 0.337 e. The van der Waals surface area contributed by atoms with Crippen molar-refractivity contribution >= 4 is 18.3 Å². The van der Waals surface area contributed by atoms with Gasteiger partial charge in [-0.3, -0.25) is 4.79 Å². The lowest BCUT2D eigenvalue weighted by Crippen LogP contribution is -2.48. The third-order valence-electron chi connectivity index (χ3n) is 5.08. The first kappa shape index (κ1) is 17.8. The van der Waals surface area contributed by atoms with Crippen LogP contribution in [0.2, 0.25) is 0 Å². The molecule has 0 aliphatic carbocycles. The first-order chi connectivity index (χ1) is 11.6. The van der Waals surface area contributed by atoms with Crippen LogP contribution in [0.3, 0.4) is 0 Å². The fourth-order valence-electron chi connectivity index (χ4n) is 3.75. The molecule has 2 fully saturated rings. The second kappa shape index (κ2) is 7.09. The maximum absolute atomic E-state index is 13.0. The van der Waals surface area contributed by atoms with Crippen LogP contribution in [0.15, 0.2) is 30.5 Å². The van der Waals surface area contributed by atoms with Gasteiger partial charge in [-0.2, -0.15) is 9.90 Å². The summed E-state index contributed by atoms with van der Waals surface area (Å²) in [6.45, 7) is 0. The first-order valence-corrected chi connectivity index (χ1v) is 8.31. The number of nitrogens with zero attached hydrogens (tertiary/aromatic N) is 4. The van der Waals surface area contributed by atoms with Crippen molar-refractivity contribution in [1.82, 2.24) is 25.2 Å². The molecule has 134 valence electrons.